The first-order valence-electron chi connectivity index (χ1n) is 9.95. The number of nitrogens with one attached hydrogen (secondary N) is 1. The first-order chi connectivity index (χ1) is 14.0. The van der Waals surface area contributed by atoms with Crippen LogP contribution in [0.25, 0.3) is 11.4 Å². The van der Waals surface area contributed by atoms with Crippen molar-refractivity contribution in [2.45, 2.75) is 56.0 Å². The molecule has 1 saturated carbocycles. The van der Waals surface area contributed by atoms with Gasteiger partial charge in [0, 0.05) is 29.7 Å². The summed E-state index contributed by atoms with van der Waals surface area (Å²) < 4.78 is 2.16. The van der Waals surface area contributed by atoms with Crippen molar-refractivity contribution in [3.8, 4) is 11.4 Å². The van der Waals surface area contributed by atoms with Crippen molar-refractivity contribution < 1.29 is 4.79 Å². The highest BCUT2D eigenvalue weighted by Crippen LogP contribution is 2.41. The van der Waals surface area contributed by atoms with E-state index >= 15 is 0 Å². The van der Waals surface area contributed by atoms with Gasteiger partial charge in [-0.25, -0.2) is 0 Å². The molecule has 1 fully saturated rings. The third kappa shape index (κ3) is 4.50. The van der Waals surface area contributed by atoms with Gasteiger partial charge < -0.3 is 5.32 Å². The largest absolute Gasteiger partial charge is 0.325 e. The number of carbonyl (C=O) groups is 1. The molecular formula is C22H25N5OS. The van der Waals surface area contributed by atoms with Gasteiger partial charge in [0.25, 0.3) is 0 Å². The third-order valence-corrected chi connectivity index (χ3v) is 6.05. The van der Waals surface area contributed by atoms with Crippen molar-refractivity contribution in [1.29, 1.82) is 0 Å². The van der Waals surface area contributed by atoms with Crippen LogP contribution < -0.4 is 5.32 Å². The highest BCUT2D eigenvalue weighted by atomic mass is 32.2. The molecule has 1 amide bonds. The first kappa shape index (κ1) is 19.6. The minimum absolute atomic E-state index is 0.0411. The number of aromatic nitrogens is 4. The number of rotatable bonds is 7. The lowest BCUT2D eigenvalue weighted by atomic mass is 10.0. The second kappa shape index (κ2) is 8.37. The molecule has 4 rings (SSSR count). The molecule has 0 bridgehead atoms. The van der Waals surface area contributed by atoms with Crippen molar-refractivity contribution in [1.82, 2.24) is 19.7 Å². The maximum absolute atomic E-state index is 12.7. The summed E-state index contributed by atoms with van der Waals surface area (Å²) in [4.78, 5) is 16.9. The van der Waals surface area contributed by atoms with Gasteiger partial charge in [-0.1, -0.05) is 37.7 Å². The zero-order valence-electron chi connectivity index (χ0n) is 16.9. The molecule has 0 aliphatic heterocycles. The Morgan fingerprint density at radius 2 is 1.90 bits per heavy atom. The van der Waals surface area contributed by atoms with Crippen molar-refractivity contribution >= 4 is 23.4 Å². The van der Waals surface area contributed by atoms with E-state index in [0.717, 1.165) is 35.1 Å². The van der Waals surface area contributed by atoms with Crippen molar-refractivity contribution in [2.24, 2.45) is 0 Å². The topological polar surface area (TPSA) is 72.7 Å². The van der Waals surface area contributed by atoms with Crippen LogP contribution in [0.4, 0.5) is 5.69 Å². The highest BCUT2D eigenvalue weighted by molar-refractivity contribution is 8.00. The molecule has 0 radical (unpaired) electrons. The van der Waals surface area contributed by atoms with E-state index in [-0.39, 0.29) is 11.2 Å². The zero-order chi connectivity index (χ0) is 20.4. The quantitative estimate of drug-likeness (QED) is 0.563. The summed E-state index contributed by atoms with van der Waals surface area (Å²) in [6.45, 7) is 6.21. The molecule has 1 N–H and O–H groups in total. The van der Waals surface area contributed by atoms with E-state index in [1.807, 2.05) is 31.2 Å². The smallest absolute Gasteiger partial charge is 0.237 e. The number of carbonyl (C=O) groups excluding carboxylic acids is 1. The van der Waals surface area contributed by atoms with E-state index in [1.165, 1.54) is 17.3 Å². The molecule has 1 aliphatic rings. The Kier molecular flexibility index (Phi) is 5.67. The Labute approximate surface area is 175 Å². The fourth-order valence-corrected chi connectivity index (χ4v) is 4.04. The predicted octanol–water partition coefficient (Wildman–Crippen LogP) is 4.92. The number of thioether (sulfide) groups is 1. The summed E-state index contributed by atoms with van der Waals surface area (Å²) in [6.07, 6.45) is 5.77. The molecule has 1 aliphatic carbocycles. The molecule has 7 heteroatoms. The number of anilines is 1. The Bertz CT molecular complexity index is 980. The van der Waals surface area contributed by atoms with Crippen LogP contribution in [0.15, 0.2) is 53.9 Å². The van der Waals surface area contributed by atoms with Crippen LogP contribution in [0.3, 0.4) is 0 Å². The minimum Gasteiger partial charge on any atom is -0.325 e. The summed E-state index contributed by atoms with van der Waals surface area (Å²) in [5, 5.41) is 12.3. The normalized spacial score (nSPS) is 14.8. The zero-order valence-corrected chi connectivity index (χ0v) is 17.7. The van der Waals surface area contributed by atoms with E-state index in [2.05, 4.69) is 51.0 Å². The maximum atomic E-state index is 12.7. The summed E-state index contributed by atoms with van der Waals surface area (Å²) in [5.41, 5.74) is 3.01. The molecule has 0 spiro atoms. The molecule has 0 unspecified atom stereocenters. The molecular weight excluding hydrogens is 382 g/mol. The van der Waals surface area contributed by atoms with Crippen LogP contribution in [0.2, 0.25) is 0 Å². The number of pyridine rings is 1. The molecule has 1 atom stereocenters. The molecule has 150 valence electrons. The maximum Gasteiger partial charge on any atom is 0.237 e. The summed E-state index contributed by atoms with van der Waals surface area (Å²) in [6, 6.07) is 12.3. The molecule has 29 heavy (non-hydrogen) atoms. The fraction of sp³-hybridized carbons (Fsp3) is 0.364. The number of amides is 1. The van der Waals surface area contributed by atoms with Crippen LogP contribution in [-0.4, -0.2) is 30.9 Å². The lowest BCUT2D eigenvalue weighted by Crippen LogP contribution is -2.23. The minimum atomic E-state index is -0.289. The fourth-order valence-electron chi connectivity index (χ4n) is 3.12. The number of hydrogen-bond acceptors (Lipinski definition) is 5. The highest BCUT2D eigenvalue weighted by Gasteiger charge is 2.31. The Morgan fingerprint density at radius 1 is 1.14 bits per heavy atom. The molecule has 3 aromatic rings. The Morgan fingerprint density at radius 3 is 2.52 bits per heavy atom. The van der Waals surface area contributed by atoms with E-state index in [1.54, 1.807) is 12.4 Å². The molecule has 1 aromatic carbocycles. The van der Waals surface area contributed by atoms with E-state index < -0.39 is 0 Å². The molecule has 2 heterocycles. The number of hydrogen-bond donors (Lipinski definition) is 1. The third-order valence-electron chi connectivity index (χ3n) is 4.99. The van der Waals surface area contributed by atoms with E-state index in [0.29, 0.717) is 12.0 Å². The molecule has 2 aromatic heterocycles. The van der Waals surface area contributed by atoms with Gasteiger partial charge in [0.15, 0.2) is 11.0 Å². The summed E-state index contributed by atoms with van der Waals surface area (Å²) in [5.74, 6) is 1.25. The number of nitrogens with zero attached hydrogens (tertiary/aromatic N) is 4. The standard InChI is InChI=1S/C22H25N5OS/c1-14(2)16-6-8-18(9-7-16)24-21(28)15(3)29-22-26-25-20(27(22)19-10-11-19)17-5-4-12-23-13-17/h4-9,12-15,19H,10-11H2,1-3H3,(H,24,28)/t15-/m0/s1. The van der Waals surface area contributed by atoms with Crippen LogP contribution in [0.1, 0.15) is 51.1 Å². The van der Waals surface area contributed by atoms with Gasteiger partial charge in [0.05, 0.1) is 5.25 Å². The first-order valence-corrected chi connectivity index (χ1v) is 10.8. The van der Waals surface area contributed by atoms with Crippen molar-refractivity contribution in [3.63, 3.8) is 0 Å². The van der Waals surface area contributed by atoms with Gasteiger partial charge in [-0.3, -0.25) is 14.3 Å². The monoisotopic (exact) mass is 407 g/mol. The van der Waals surface area contributed by atoms with Gasteiger partial charge in [-0.05, 0) is 55.5 Å². The Hall–Kier alpha value is -2.67. The van der Waals surface area contributed by atoms with Gasteiger partial charge in [0.1, 0.15) is 0 Å². The van der Waals surface area contributed by atoms with Gasteiger partial charge in [-0.2, -0.15) is 0 Å². The summed E-state index contributed by atoms with van der Waals surface area (Å²) in [7, 11) is 0. The van der Waals surface area contributed by atoms with Crippen molar-refractivity contribution in [3.05, 3.63) is 54.4 Å². The molecule has 6 nitrogen and oxygen atoms in total. The predicted molar refractivity (Wildman–Crippen MR) is 116 cm³/mol. The summed E-state index contributed by atoms with van der Waals surface area (Å²) >= 11 is 1.45. The lowest BCUT2D eigenvalue weighted by molar-refractivity contribution is -0.115. The lowest BCUT2D eigenvalue weighted by Gasteiger charge is -2.14. The Balaban J connectivity index is 1.47. The van der Waals surface area contributed by atoms with Crippen molar-refractivity contribution in [2.75, 3.05) is 5.32 Å². The second-order valence-electron chi connectivity index (χ2n) is 7.68. The van der Waals surface area contributed by atoms with Gasteiger partial charge in [0.2, 0.25) is 5.91 Å². The van der Waals surface area contributed by atoms with Crippen LogP contribution in [0.5, 0.6) is 0 Å². The van der Waals surface area contributed by atoms with Crippen LogP contribution in [-0.2, 0) is 4.79 Å². The SMILES string of the molecule is CC(C)c1ccc(NC(=O)[C@H](C)Sc2nnc(-c3cccnc3)n2C2CC2)cc1. The molecule has 0 saturated heterocycles. The number of benzene rings is 1. The van der Waals surface area contributed by atoms with E-state index in [4.69, 9.17) is 0 Å². The second-order valence-corrected chi connectivity index (χ2v) is 8.98. The van der Waals surface area contributed by atoms with E-state index in [9.17, 15) is 4.79 Å². The van der Waals surface area contributed by atoms with Gasteiger partial charge >= 0.3 is 0 Å². The van der Waals surface area contributed by atoms with Crippen LogP contribution >= 0.6 is 11.8 Å². The average molecular weight is 408 g/mol. The van der Waals surface area contributed by atoms with Gasteiger partial charge in [-0.15, -0.1) is 10.2 Å². The van der Waals surface area contributed by atoms with Crippen LogP contribution in [0, 0.1) is 0 Å². The average Bonchev–Trinajstić information content (AvgIpc) is 3.49.